The van der Waals surface area contributed by atoms with Crippen molar-refractivity contribution in [2.24, 2.45) is 0 Å². The van der Waals surface area contributed by atoms with Crippen LogP contribution in [0.15, 0.2) is 110 Å². The van der Waals surface area contributed by atoms with Crippen LogP contribution in [0.2, 0.25) is 0 Å². The van der Waals surface area contributed by atoms with Crippen molar-refractivity contribution in [3.63, 3.8) is 0 Å². The van der Waals surface area contributed by atoms with Gasteiger partial charge in [0.2, 0.25) is 0 Å². The Morgan fingerprint density at radius 3 is 1.26 bits per heavy atom. The molecule has 6 aromatic heterocycles. The average Bonchev–Trinajstić information content (AvgIpc) is 1.64. The molecule has 0 aliphatic heterocycles. The smallest absolute Gasteiger partial charge is 0.0746 e. The molecule has 516 valence electrons. The Bertz CT molecular complexity index is 5480. The quantitative estimate of drug-likeness (QED) is 0.151. The molecular weight excluding hydrogens is 1240 g/mol. The Morgan fingerprint density at radius 1 is 0.225 bits per heavy atom. The highest BCUT2D eigenvalue weighted by molar-refractivity contribution is 5.83. The highest BCUT2D eigenvalue weighted by atomic mass is 14.7. The summed E-state index contributed by atoms with van der Waals surface area (Å²) in [7, 11) is 0. The van der Waals surface area contributed by atoms with Crippen molar-refractivity contribution >= 4 is 0 Å². The summed E-state index contributed by atoms with van der Waals surface area (Å²) < 4.78 is 0. The van der Waals surface area contributed by atoms with E-state index in [0.717, 1.165) is 55.6 Å². The van der Waals surface area contributed by atoms with Gasteiger partial charge in [0.1, 0.15) is 0 Å². The predicted molar refractivity (Wildman–Crippen MR) is 429 cm³/mol. The summed E-state index contributed by atoms with van der Waals surface area (Å²) >= 11 is 0. The van der Waals surface area contributed by atoms with Gasteiger partial charge in [-0.25, -0.2) is 0 Å². The maximum Gasteiger partial charge on any atom is 0.0746 e. The van der Waals surface area contributed by atoms with Gasteiger partial charge in [0, 0.05) is 108 Å². The summed E-state index contributed by atoms with van der Waals surface area (Å²) in [5.74, 6) is 0. The molecule has 6 heterocycles. The van der Waals surface area contributed by atoms with Crippen molar-refractivity contribution in [1.82, 2.24) is 29.9 Å². The molecule has 18 rings (SSSR count). The Kier molecular flexibility index (Phi) is 19.1. The minimum atomic E-state index is 1.05. The van der Waals surface area contributed by atoms with Gasteiger partial charge in [-0.05, 0) is 380 Å². The summed E-state index contributed by atoms with van der Waals surface area (Å²) in [5.41, 5.74) is 65.1. The first kappa shape index (κ1) is 70.6. The Morgan fingerprint density at radius 2 is 0.667 bits per heavy atom. The summed E-state index contributed by atoms with van der Waals surface area (Å²) in [4.78, 5) is 28.0. The van der Waals surface area contributed by atoms with E-state index in [2.05, 4.69) is 272 Å². The number of hydrogen-bond donors (Lipinski definition) is 0. The number of benzene rings is 6. The van der Waals surface area contributed by atoms with Crippen LogP contribution in [0.1, 0.15) is 201 Å². The Hall–Kier alpha value is -9.78. The minimum absolute atomic E-state index is 1.05. The second kappa shape index (κ2) is 27.5. The maximum atomic E-state index is 4.77. The van der Waals surface area contributed by atoms with Crippen LogP contribution in [0.3, 0.4) is 0 Å². The monoisotopic (exact) mass is 1340 g/mol. The van der Waals surface area contributed by atoms with Crippen molar-refractivity contribution in [3.05, 3.63) is 310 Å². The lowest BCUT2D eigenvalue weighted by Gasteiger charge is -2.11. The van der Waals surface area contributed by atoms with Crippen LogP contribution in [0.4, 0.5) is 0 Å². The highest BCUT2D eigenvalue weighted by Crippen LogP contribution is 2.46. The molecule has 6 aliphatic rings. The zero-order chi connectivity index (χ0) is 72.9. The summed E-state index contributed by atoms with van der Waals surface area (Å²) in [6.45, 7) is 52.4. The third kappa shape index (κ3) is 12.7. The van der Waals surface area contributed by atoms with E-state index in [0.29, 0.717) is 0 Å². The molecule has 0 saturated heterocycles. The number of hydrogen-bond acceptors (Lipinski definition) is 6. The molecule has 0 atom stereocenters. The van der Waals surface area contributed by atoms with E-state index in [4.69, 9.17) is 15.0 Å². The number of fused-ring (bicyclic) bond motifs is 18. The van der Waals surface area contributed by atoms with Gasteiger partial charge in [-0.2, -0.15) is 0 Å². The highest BCUT2D eigenvalue weighted by Gasteiger charge is 2.30. The van der Waals surface area contributed by atoms with Crippen LogP contribution in [0.25, 0.3) is 67.5 Å². The van der Waals surface area contributed by atoms with E-state index >= 15 is 0 Å². The molecule has 0 bridgehead atoms. The molecule has 12 aromatic rings. The topological polar surface area (TPSA) is 77.3 Å². The molecule has 6 aromatic carbocycles. The fourth-order valence-corrected chi connectivity index (χ4v) is 16.9. The largest absolute Gasteiger partial charge is 0.256 e. The van der Waals surface area contributed by atoms with Crippen molar-refractivity contribution < 1.29 is 0 Å². The molecule has 6 aliphatic carbocycles. The second-order valence-corrected chi connectivity index (χ2v) is 30.8. The van der Waals surface area contributed by atoms with E-state index in [1.54, 1.807) is 0 Å². The van der Waals surface area contributed by atoms with Gasteiger partial charge in [-0.1, -0.05) is 60.7 Å². The van der Waals surface area contributed by atoms with Gasteiger partial charge in [-0.3, -0.25) is 29.9 Å². The summed E-state index contributed by atoms with van der Waals surface area (Å²) in [6, 6.07) is 33.4. The molecule has 6 nitrogen and oxygen atoms in total. The van der Waals surface area contributed by atoms with Crippen LogP contribution >= 0.6 is 0 Å². The lowest BCUT2D eigenvalue weighted by atomic mass is 9.95. The van der Waals surface area contributed by atoms with E-state index in [9.17, 15) is 0 Å². The zero-order valence-corrected chi connectivity index (χ0v) is 65.3. The average molecular weight is 1340 g/mol. The molecule has 0 saturated carbocycles. The first-order valence-electron chi connectivity index (χ1n) is 36.8. The third-order valence-electron chi connectivity index (χ3n) is 24.0. The first-order valence-corrected chi connectivity index (χ1v) is 36.8. The molecule has 102 heavy (non-hydrogen) atoms. The molecule has 0 spiro atoms. The summed E-state index contributed by atoms with van der Waals surface area (Å²) in [5, 5.41) is 0. The van der Waals surface area contributed by atoms with E-state index < -0.39 is 0 Å². The van der Waals surface area contributed by atoms with Crippen molar-refractivity contribution in [2.45, 2.75) is 205 Å². The van der Waals surface area contributed by atoms with Gasteiger partial charge >= 0.3 is 0 Å². The first-order chi connectivity index (χ1) is 48.5. The number of pyridine rings is 6. The maximum absolute atomic E-state index is 4.77. The number of aromatic nitrogens is 6. The van der Waals surface area contributed by atoms with Crippen LogP contribution in [-0.2, 0) is 38.5 Å². The van der Waals surface area contributed by atoms with Crippen molar-refractivity contribution in [3.8, 4) is 67.5 Å². The predicted octanol–water partition coefficient (Wildman–Crippen LogP) is 23.3. The summed E-state index contributed by atoms with van der Waals surface area (Å²) in [6.07, 6.45) is 12.1. The van der Waals surface area contributed by atoms with Crippen molar-refractivity contribution in [1.29, 1.82) is 0 Å². The van der Waals surface area contributed by atoms with Crippen molar-refractivity contribution in [2.75, 3.05) is 0 Å². The molecule has 0 unspecified atom stereocenters. The molecule has 0 N–H and O–H groups in total. The minimum Gasteiger partial charge on any atom is -0.256 e. The molecule has 0 radical (unpaired) electrons. The van der Waals surface area contributed by atoms with E-state index in [-0.39, 0.29) is 0 Å². The normalized spacial score (nSPS) is 12.5. The fraction of sp³-hybridized carbons (Fsp3) is 0.312. The lowest BCUT2D eigenvalue weighted by Crippen LogP contribution is -1.93. The molecule has 6 heteroatoms. The van der Waals surface area contributed by atoms with Gasteiger partial charge < -0.3 is 0 Å². The number of rotatable bonds is 0. The van der Waals surface area contributed by atoms with Gasteiger partial charge in [0.15, 0.2) is 0 Å². The Labute approximate surface area is 608 Å². The van der Waals surface area contributed by atoms with Gasteiger partial charge in [0.05, 0.1) is 34.2 Å². The molecule has 0 fully saturated rings. The van der Waals surface area contributed by atoms with Gasteiger partial charge in [-0.15, -0.1) is 0 Å². The SMILES string of the molecule is Cc1cc(C)c2c(c1C)Cc1c(C)ccnc1-2.Cc1cc(C)c2c(n1)-c1ccc(C)c(C)c1C2.Cc1cc2c(c(C)c1C)Cc1c(C)ccnc1-2.Cc1cc2c(nc1C)-c1ccc(C)c(C)c1C2.Cc1ccc2c(n1)-c1c(C)cc(C)c(C)c1C2.Cc1cnc2c(c1)Cc1c(C)c(C)cc(C)c1-2. The van der Waals surface area contributed by atoms with Crippen LogP contribution < -0.4 is 0 Å². The number of aryl methyl sites for hydroxylation is 17. The van der Waals surface area contributed by atoms with E-state index in [1.165, 1.54) is 251 Å². The molecule has 0 amide bonds. The molecular formula is C96H102N6. The third-order valence-corrected chi connectivity index (χ3v) is 24.0. The van der Waals surface area contributed by atoms with Crippen LogP contribution in [0.5, 0.6) is 0 Å². The standard InChI is InChI=1S/6C16H17N/c1-9-5-13-7-14-12(4)10(2)6-11(3)15(14)16(13)17-8-9;1-9-7-10(2)15-14(12(9)4)8-13-6-5-11(3)17-16(13)15;1-9-5-6-17-16-13(9)8-14-12(4)11(3)10(2)7-15(14)16;1-9-5-6-14-15(11(9)3)8-13-7-10(2)12(4)17-16(13)14;1-9-5-6-17-16-13(9)8-14-12(4)10(2)7-11(3)15(14)16;1-9-5-6-13-15(12(9)4)8-14-10(2)7-11(3)17-16(13)14/h5-6,8H,7H2,1-4H3;5*5-7H,8H2,1-4H3. The fourth-order valence-electron chi connectivity index (χ4n) is 16.9. The second-order valence-electron chi connectivity index (χ2n) is 30.8. The van der Waals surface area contributed by atoms with Crippen LogP contribution in [-0.4, -0.2) is 29.9 Å². The number of nitrogens with zero attached hydrogens (tertiary/aromatic N) is 6. The van der Waals surface area contributed by atoms with E-state index in [1.807, 2.05) is 18.6 Å². The van der Waals surface area contributed by atoms with Gasteiger partial charge in [0.25, 0.3) is 0 Å². The zero-order valence-electron chi connectivity index (χ0n) is 65.3. The van der Waals surface area contributed by atoms with Crippen LogP contribution in [0, 0.1) is 166 Å². The lowest BCUT2D eigenvalue weighted by molar-refractivity contribution is 1.12. The Balaban J connectivity index is 0.000000109.